The summed E-state index contributed by atoms with van der Waals surface area (Å²) >= 11 is 0. The van der Waals surface area contributed by atoms with Crippen LogP contribution in [0.1, 0.15) is 25.8 Å². The normalized spacial score (nSPS) is 11.0. The van der Waals surface area contributed by atoms with Crippen LogP contribution in [-0.4, -0.2) is 17.9 Å². The second-order valence-electron chi connectivity index (χ2n) is 4.13. The molecule has 0 aliphatic rings. The molecule has 7 heteroatoms. The van der Waals surface area contributed by atoms with E-state index in [2.05, 4.69) is 10.2 Å². The first-order valence-electron chi connectivity index (χ1n) is 6.04. The molecule has 0 aliphatic carbocycles. The Morgan fingerprint density at radius 2 is 1.95 bits per heavy atom. The van der Waals surface area contributed by atoms with E-state index in [1.165, 1.54) is 26.0 Å². The Bertz CT molecular complexity index is 492. The summed E-state index contributed by atoms with van der Waals surface area (Å²) in [5.41, 5.74) is 2.17. The number of hydrogen-bond donors (Lipinski definition) is 2. The summed E-state index contributed by atoms with van der Waals surface area (Å²) in [7, 11) is 0. The third-order valence-corrected chi connectivity index (χ3v) is 2.36. The van der Waals surface area contributed by atoms with Gasteiger partial charge in [0.05, 0.1) is 6.42 Å². The number of para-hydroxylation sites is 1. The minimum Gasteiger partial charge on any atom is -0.326 e. The summed E-state index contributed by atoms with van der Waals surface area (Å²) in [5.74, 6) is -0.999. The van der Waals surface area contributed by atoms with E-state index in [4.69, 9.17) is 0 Å². The number of halogens is 2. The molecule has 1 aromatic rings. The van der Waals surface area contributed by atoms with Gasteiger partial charge in [0, 0.05) is 19.0 Å². The van der Waals surface area contributed by atoms with Crippen molar-refractivity contribution in [3.05, 3.63) is 29.8 Å². The predicted octanol–water partition coefficient (Wildman–Crippen LogP) is 2.24. The van der Waals surface area contributed by atoms with Crippen molar-refractivity contribution in [2.45, 2.75) is 32.8 Å². The summed E-state index contributed by atoms with van der Waals surface area (Å²) in [6.45, 7) is 2.80. The van der Waals surface area contributed by atoms with Crippen molar-refractivity contribution in [1.82, 2.24) is 5.48 Å². The van der Waals surface area contributed by atoms with Crippen molar-refractivity contribution in [1.29, 1.82) is 0 Å². The van der Waals surface area contributed by atoms with Crippen LogP contribution in [0.3, 0.4) is 0 Å². The van der Waals surface area contributed by atoms with E-state index < -0.39 is 18.4 Å². The third-order valence-electron chi connectivity index (χ3n) is 2.36. The summed E-state index contributed by atoms with van der Waals surface area (Å²) < 4.78 is 27.1. The Morgan fingerprint density at radius 1 is 1.30 bits per heavy atom. The van der Waals surface area contributed by atoms with Crippen LogP contribution in [0, 0.1) is 0 Å². The molecule has 110 valence electrons. The van der Waals surface area contributed by atoms with Gasteiger partial charge < -0.3 is 5.32 Å². The monoisotopic (exact) mass is 286 g/mol. The van der Waals surface area contributed by atoms with Crippen molar-refractivity contribution >= 4 is 17.5 Å². The Hall–Kier alpha value is -2.02. The van der Waals surface area contributed by atoms with Crippen molar-refractivity contribution in [3.8, 4) is 0 Å². The van der Waals surface area contributed by atoms with Gasteiger partial charge in [-0.05, 0) is 11.6 Å². The molecule has 0 spiro atoms. The van der Waals surface area contributed by atoms with Crippen molar-refractivity contribution in [2.75, 3.05) is 5.32 Å². The first kappa shape index (κ1) is 16.0. The zero-order chi connectivity index (χ0) is 15.2. The molecule has 0 bridgehead atoms. The maximum absolute atomic E-state index is 13.6. The maximum Gasteiger partial charge on any atom is 0.379 e. The number of nitrogens with one attached hydrogen (secondary N) is 2. The molecule has 0 saturated heterocycles. The molecule has 1 aromatic carbocycles. The Morgan fingerprint density at radius 3 is 2.55 bits per heavy atom. The van der Waals surface area contributed by atoms with Crippen LogP contribution in [0.25, 0.3) is 0 Å². The van der Waals surface area contributed by atoms with E-state index in [0.717, 1.165) is 0 Å². The van der Waals surface area contributed by atoms with Gasteiger partial charge in [0.1, 0.15) is 0 Å². The fourth-order valence-electron chi connectivity index (χ4n) is 1.45. The number of amides is 2. The molecule has 0 aliphatic heterocycles. The average molecular weight is 286 g/mol. The zero-order valence-corrected chi connectivity index (χ0v) is 11.2. The van der Waals surface area contributed by atoms with Crippen LogP contribution >= 0.6 is 0 Å². The lowest BCUT2D eigenvalue weighted by molar-refractivity contribution is -0.267. The van der Waals surface area contributed by atoms with Gasteiger partial charge >= 0.3 is 6.11 Å². The van der Waals surface area contributed by atoms with Crippen molar-refractivity contribution in [2.24, 2.45) is 0 Å². The highest BCUT2D eigenvalue weighted by atomic mass is 19.3. The van der Waals surface area contributed by atoms with E-state index >= 15 is 0 Å². The average Bonchev–Trinajstić information content (AvgIpc) is 2.37. The molecule has 5 nitrogen and oxygen atoms in total. The van der Waals surface area contributed by atoms with Crippen LogP contribution in [-0.2, 0) is 20.8 Å². The van der Waals surface area contributed by atoms with Gasteiger partial charge in [-0.3, -0.25) is 9.59 Å². The molecule has 0 atom stereocenters. The third kappa shape index (κ3) is 5.31. The Labute approximate surface area is 115 Å². The number of carbonyl (C=O) groups is 2. The Kier molecular flexibility index (Phi) is 5.57. The highest BCUT2D eigenvalue weighted by Crippen LogP contribution is 2.25. The summed E-state index contributed by atoms with van der Waals surface area (Å²) in [5, 5.41) is 2.46. The van der Waals surface area contributed by atoms with Gasteiger partial charge in [-0.1, -0.05) is 25.1 Å². The number of hydrogen-bond acceptors (Lipinski definition) is 3. The van der Waals surface area contributed by atoms with E-state index in [1.54, 1.807) is 17.6 Å². The van der Waals surface area contributed by atoms with Gasteiger partial charge in [0.25, 0.3) is 0 Å². The number of anilines is 1. The number of alkyl halides is 2. The van der Waals surface area contributed by atoms with Crippen LogP contribution in [0.4, 0.5) is 14.5 Å². The highest BCUT2D eigenvalue weighted by Gasteiger charge is 2.33. The van der Waals surface area contributed by atoms with Gasteiger partial charge in [-0.25, -0.2) is 10.3 Å². The summed E-state index contributed by atoms with van der Waals surface area (Å²) in [6.07, 6.45) is -4.30. The van der Waals surface area contributed by atoms with Crippen molar-refractivity contribution < 1.29 is 23.2 Å². The van der Waals surface area contributed by atoms with Crippen LogP contribution < -0.4 is 10.8 Å². The second-order valence-corrected chi connectivity index (χ2v) is 4.13. The van der Waals surface area contributed by atoms with E-state index in [0.29, 0.717) is 0 Å². The van der Waals surface area contributed by atoms with Gasteiger partial charge in [-0.15, -0.1) is 0 Å². The lowest BCUT2D eigenvalue weighted by Crippen LogP contribution is -2.35. The number of hydroxylamine groups is 1. The molecule has 1 rings (SSSR count). The first-order chi connectivity index (χ1) is 9.34. The lowest BCUT2D eigenvalue weighted by atomic mass is 10.1. The minimum atomic E-state index is -3.57. The standard InChI is InChI=1S/C13H16F2N2O3/c1-3-12(19)17-20-13(14,15)8-10-6-4-5-7-11(10)16-9(2)18/h4-7H,3,8H2,1-2H3,(H,16,18)(H,17,19). The molecule has 0 unspecified atom stereocenters. The summed E-state index contributed by atoms with van der Waals surface area (Å²) in [4.78, 5) is 26.0. The largest absolute Gasteiger partial charge is 0.379 e. The molecule has 0 aromatic heterocycles. The fourth-order valence-corrected chi connectivity index (χ4v) is 1.45. The van der Waals surface area contributed by atoms with Crippen LogP contribution in [0.5, 0.6) is 0 Å². The number of rotatable bonds is 6. The molecule has 0 heterocycles. The quantitative estimate of drug-likeness (QED) is 0.788. The van der Waals surface area contributed by atoms with Crippen LogP contribution in [0.15, 0.2) is 24.3 Å². The SMILES string of the molecule is CCC(=O)NOC(F)(F)Cc1ccccc1NC(C)=O. The molecule has 0 radical (unpaired) electrons. The molecule has 0 saturated carbocycles. The molecule has 20 heavy (non-hydrogen) atoms. The fraction of sp³-hybridized carbons (Fsp3) is 0.385. The first-order valence-corrected chi connectivity index (χ1v) is 6.04. The zero-order valence-electron chi connectivity index (χ0n) is 11.2. The number of benzene rings is 1. The highest BCUT2D eigenvalue weighted by molar-refractivity contribution is 5.89. The molecule has 0 fully saturated rings. The predicted molar refractivity (Wildman–Crippen MR) is 68.9 cm³/mol. The Balaban J connectivity index is 2.75. The topological polar surface area (TPSA) is 67.4 Å². The molecule has 2 N–H and O–H groups in total. The van der Waals surface area contributed by atoms with Gasteiger partial charge in [-0.2, -0.15) is 8.78 Å². The number of carbonyl (C=O) groups excluding carboxylic acids is 2. The van der Waals surface area contributed by atoms with Gasteiger partial charge in [0.2, 0.25) is 11.8 Å². The molecular formula is C13H16F2N2O3. The second kappa shape index (κ2) is 6.95. The molecule has 2 amide bonds. The smallest absolute Gasteiger partial charge is 0.326 e. The van der Waals surface area contributed by atoms with E-state index in [9.17, 15) is 18.4 Å². The maximum atomic E-state index is 13.6. The molecular weight excluding hydrogens is 270 g/mol. The van der Waals surface area contributed by atoms with Gasteiger partial charge in [0.15, 0.2) is 0 Å². The summed E-state index contributed by atoms with van der Waals surface area (Å²) in [6, 6.07) is 6.15. The van der Waals surface area contributed by atoms with E-state index in [1.807, 2.05) is 0 Å². The van der Waals surface area contributed by atoms with Crippen LogP contribution in [0.2, 0.25) is 0 Å². The van der Waals surface area contributed by atoms with Crippen molar-refractivity contribution in [3.63, 3.8) is 0 Å². The van der Waals surface area contributed by atoms with E-state index in [-0.39, 0.29) is 23.6 Å². The minimum absolute atomic E-state index is 0.0402. The lowest BCUT2D eigenvalue weighted by Gasteiger charge is -2.18.